The number of rotatable bonds is 6. The molecule has 0 aliphatic rings. The van der Waals surface area contributed by atoms with E-state index < -0.39 is 10.1 Å². The van der Waals surface area contributed by atoms with Gasteiger partial charge in [0.25, 0.3) is 0 Å². The summed E-state index contributed by atoms with van der Waals surface area (Å²) in [7, 11) is -3.89. The minimum Gasteiger partial charge on any atom is -0.379 e. The minimum atomic E-state index is -3.89. The largest absolute Gasteiger partial charge is 0.379 e. The Morgan fingerprint density at radius 3 is 2.10 bits per heavy atom. The van der Waals surface area contributed by atoms with Crippen molar-refractivity contribution in [1.29, 1.82) is 0 Å². The van der Waals surface area contributed by atoms with Gasteiger partial charge in [-0.15, -0.1) is 0 Å². The van der Waals surface area contributed by atoms with Gasteiger partial charge in [0.2, 0.25) is 0 Å². The Morgan fingerprint density at radius 1 is 0.800 bits per heavy atom. The van der Waals surface area contributed by atoms with E-state index in [0.29, 0.717) is 17.3 Å². The molecule has 6 nitrogen and oxygen atoms in total. The van der Waals surface area contributed by atoms with Gasteiger partial charge in [-0.1, -0.05) is 72.0 Å². The molecule has 0 N–H and O–H groups in total. The third-order valence-electron chi connectivity index (χ3n) is 4.18. The number of hydrogen-bond acceptors (Lipinski definition) is 7. The van der Waals surface area contributed by atoms with E-state index in [-0.39, 0.29) is 15.5 Å². The SMILES string of the molecule is O=c1nc(Cc2ccc(OS(=O)(=O)c3ccccc3)cc2)nc(-c2ccccc2)s1. The molecule has 8 heteroatoms. The van der Waals surface area contributed by atoms with E-state index in [1.807, 2.05) is 30.3 Å². The summed E-state index contributed by atoms with van der Waals surface area (Å²) in [4.78, 5) is 20.3. The highest BCUT2D eigenvalue weighted by atomic mass is 32.2. The predicted molar refractivity (Wildman–Crippen MR) is 115 cm³/mol. The molecule has 4 aromatic rings. The fourth-order valence-corrected chi connectivity index (χ4v) is 4.44. The van der Waals surface area contributed by atoms with Crippen LogP contribution in [0.3, 0.4) is 0 Å². The van der Waals surface area contributed by atoms with Gasteiger partial charge in [-0.05, 0) is 29.8 Å². The topological polar surface area (TPSA) is 86.2 Å². The molecule has 0 aliphatic carbocycles. The number of aromatic nitrogens is 2. The summed E-state index contributed by atoms with van der Waals surface area (Å²) in [6.45, 7) is 0. The summed E-state index contributed by atoms with van der Waals surface area (Å²) < 4.78 is 29.8. The van der Waals surface area contributed by atoms with Gasteiger partial charge in [-0.25, -0.2) is 4.98 Å². The molecule has 0 saturated carbocycles. The van der Waals surface area contributed by atoms with Gasteiger partial charge in [0.15, 0.2) is 0 Å². The Labute approximate surface area is 177 Å². The predicted octanol–water partition coefficient (Wildman–Crippen LogP) is 3.92. The van der Waals surface area contributed by atoms with Gasteiger partial charge in [0, 0.05) is 12.0 Å². The Hall–Kier alpha value is -3.36. The zero-order chi connectivity index (χ0) is 21.0. The van der Waals surface area contributed by atoms with E-state index in [1.54, 1.807) is 42.5 Å². The number of hydrogen-bond donors (Lipinski definition) is 0. The summed E-state index contributed by atoms with van der Waals surface area (Å²) in [5, 5.41) is 0.611. The van der Waals surface area contributed by atoms with Crippen LogP contribution in [0.15, 0.2) is 94.6 Å². The van der Waals surface area contributed by atoms with Crippen LogP contribution in [0.5, 0.6) is 5.75 Å². The summed E-state index contributed by atoms with van der Waals surface area (Å²) in [5.41, 5.74) is 1.69. The van der Waals surface area contributed by atoms with Crippen LogP contribution in [0, 0.1) is 0 Å². The third kappa shape index (κ3) is 4.79. The molecule has 1 heterocycles. The second-order valence-corrected chi connectivity index (χ2v) is 8.84. The fraction of sp³-hybridized carbons (Fsp3) is 0.0455. The number of nitrogens with zero attached hydrogens (tertiary/aromatic N) is 2. The van der Waals surface area contributed by atoms with Crippen molar-refractivity contribution in [2.45, 2.75) is 11.3 Å². The molecule has 150 valence electrons. The van der Waals surface area contributed by atoms with Crippen molar-refractivity contribution in [1.82, 2.24) is 9.97 Å². The molecule has 0 spiro atoms. The second-order valence-electron chi connectivity index (χ2n) is 6.35. The maximum absolute atomic E-state index is 12.3. The van der Waals surface area contributed by atoms with E-state index in [1.165, 1.54) is 12.1 Å². The normalized spacial score (nSPS) is 11.2. The summed E-state index contributed by atoms with van der Waals surface area (Å²) in [6, 6.07) is 24.0. The first kappa shape index (κ1) is 19.9. The highest BCUT2D eigenvalue weighted by molar-refractivity contribution is 7.87. The average molecular weight is 437 g/mol. The van der Waals surface area contributed by atoms with Crippen molar-refractivity contribution in [2.24, 2.45) is 0 Å². The average Bonchev–Trinajstić information content (AvgIpc) is 2.76. The standard InChI is InChI=1S/C22H16N2O4S2/c25-22-24-20(23-21(29-22)17-7-3-1-4-8-17)15-16-11-13-18(14-12-16)28-30(26,27)19-9-5-2-6-10-19/h1-14H,15H2. The highest BCUT2D eigenvalue weighted by Gasteiger charge is 2.16. The second kappa shape index (κ2) is 8.56. The zero-order valence-corrected chi connectivity index (χ0v) is 17.3. The number of benzene rings is 3. The lowest BCUT2D eigenvalue weighted by Crippen LogP contribution is -2.10. The highest BCUT2D eigenvalue weighted by Crippen LogP contribution is 2.21. The molecule has 0 bridgehead atoms. The first-order chi connectivity index (χ1) is 14.5. The van der Waals surface area contributed by atoms with Crippen LogP contribution >= 0.6 is 11.3 Å². The molecule has 0 saturated heterocycles. The van der Waals surface area contributed by atoms with Gasteiger partial charge in [-0.2, -0.15) is 13.4 Å². The molecule has 0 radical (unpaired) electrons. The molecule has 1 aromatic heterocycles. The Morgan fingerprint density at radius 2 is 1.43 bits per heavy atom. The summed E-state index contributed by atoms with van der Waals surface area (Å²) in [6.07, 6.45) is 0.342. The first-order valence-corrected chi connectivity index (χ1v) is 11.2. The lowest BCUT2D eigenvalue weighted by Gasteiger charge is -2.08. The molecule has 0 aliphatic heterocycles. The lowest BCUT2D eigenvalue weighted by molar-refractivity contribution is 0.486. The van der Waals surface area contributed by atoms with Crippen LogP contribution in [0.4, 0.5) is 0 Å². The van der Waals surface area contributed by atoms with Crippen molar-refractivity contribution in [3.8, 4) is 16.3 Å². The molecule has 0 atom stereocenters. The molecular weight excluding hydrogens is 420 g/mol. The van der Waals surface area contributed by atoms with E-state index in [9.17, 15) is 13.2 Å². The van der Waals surface area contributed by atoms with Gasteiger partial charge < -0.3 is 4.18 Å². The van der Waals surface area contributed by atoms with Crippen LogP contribution in [0.1, 0.15) is 11.4 Å². The van der Waals surface area contributed by atoms with Crippen LogP contribution in [0.25, 0.3) is 10.6 Å². The van der Waals surface area contributed by atoms with Crippen LogP contribution < -0.4 is 9.06 Å². The Kier molecular flexibility index (Phi) is 5.69. The molecule has 4 rings (SSSR count). The molecule has 0 amide bonds. The Balaban J connectivity index is 1.52. The van der Waals surface area contributed by atoms with Crippen molar-refractivity contribution >= 4 is 21.5 Å². The van der Waals surface area contributed by atoms with Crippen molar-refractivity contribution in [3.63, 3.8) is 0 Å². The maximum atomic E-state index is 12.3. The molecule has 0 fully saturated rings. The van der Waals surface area contributed by atoms with Crippen LogP contribution in [0.2, 0.25) is 0 Å². The molecule has 3 aromatic carbocycles. The monoisotopic (exact) mass is 436 g/mol. The van der Waals surface area contributed by atoms with E-state index >= 15 is 0 Å². The molecule has 30 heavy (non-hydrogen) atoms. The van der Waals surface area contributed by atoms with Crippen molar-refractivity contribution < 1.29 is 12.6 Å². The van der Waals surface area contributed by atoms with Crippen molar-refractivity contribution in [2.75, 3.05) is 0 Å². The van der Waals surface area contributed by atoms with Gasteiger partial charge in [0.05, 0.1) is 0 Å². The molecule has 0 unspecified atom stereocenters. The van der Waals surface area contributed by atoms with E-state index in [2.05, 4.69) is 9.97 Å². The zero-order valence-electron chi connectivity index (χ0n) is 15.6. The quantitative estimate of drug-likeness (QED) is 0.426. The van der Waals surface area contributed by atoms with Gasteiger partial charge in [0.1, 0.15) is 21.5 Å². The third-order valence-corrected chi connectivity index (χ3v) is 6.23. The van der Waals surface area contributed by atoms with E-state index in [4.69, 9.17) is 4.18 Å². The van der Waals surface area contributed by atoms with Gasteiger partial charge >= 0.3 is 15.0 Å². The summed E-state index contributed by atoms with van der Waals surface area (Å²) >= 11 is 0.997. The fourth-order valence-electron chi connectivity index (χ4n) is 2.77. The van der Waals surface area contributed by atoms with Gasteiger partial charge in [-0.3, -0.25) is 4.79 Å². The van der Waals surface area contributed by atoms with E-state index in [0.717, 1.165) is 22.5 Å². The van der Waals surface area contributed by atoms with Crippen molar-refractivity contribution in [3.05, 3.63) is 106 Å². The minimum absolute atomic E-state index is 0.0874. The Bertz CT molecular complexity index is 1300. The van der Waals surface area contributed by atoms with Crippen LogP contribution in [-0.4, -0.2) is 18.4 Å². The smallest absolute Gasteiger partial charge is 0.339 e. The molecular formula is C22H16N2O4S2. The summed E-state index contributed by atoms with van der Waals surface area (Å²) in [5.74, 6) is 0.608. The maximum Gasteiger partial charge on any atom is 0.339 e. The van der Waals surface area contributed by atoms with Crippen LogP contribution in [-0.2, 0) is 16.5 Å². The lowest BCUT2D eigenvalue weighted by atomic mass is 10.1. The first-order valence-electron chi connectivity index (χ1n) is 9.01.